The second-order valence-electron chi connectivity index (χ2n) is 3.21. The van der Waals surface area contributed by atoms with Crippen LogP contribution in [-0.4, -0.2) is 16.6 Å². The number of halogens is 1. The van der Waals surface area contributed by atoms with Gasteiger partial charge >= 0.3 is 0 Å². The molecule has 2 aromatic rings. The van der Waals surface area contributed by atoms with Gasteiger partial charge in [-0.3, -0.25) is 4.79 Å². The minimum Gasteiger partial charge on any atom is -0.459 e. The molecule has 0 aliphatic heterocycles. The molecule has 16 heavy (non-hydrogen) atoms. The van der Waals surface area contributed by atoms with Crippen LogP contribution in [0.1, 0.15) is 23.2 Å². The molecule has 84 valence electrons. The van der Waals surface area contributed by atoms with Crippen molar-refractivity contribution in [2.75, 3.05) is 5.88 Å². The number of carbonyl (C=O) groups is 1. The molecule has 2 rings (SSSR count). The first-order valence-corrected chi connectivity index (χ1v) is 6.29. The minimum absolute atomic E-state index is 0.0401. The largest absolute Gasteiger partial charge is 0.459 e. The molecule has 0 saturated heterocycles. The molecule has 2 aromatic heterocycles. The standard InChI is InChI=1S/C11H10ClNO2S/c1-2-7-3-4-10(15-7)11-13-8(6-16-11)9(14)5-12/h3-4,6H,2,5H2,1H3. The van der Waals surface area contributed by atoms with Gasteiger partial charge in [0.05, 0.1) is 5.88 Å². The molecule has 0 aromatic carbocycles. The number of carbonyl (C=O) groups excluding carboxylic acids is 1. The lowest BCUT2D eigenvalue weighted by molar-refractivity contribution is 0.101. The molecular formula is C11H10ClNO2S. The molecular weight excluding hydrogens is 246 g/mol. The highest BCUT2D eigenvalue weighted by molar-refractivity contribution is 7.13. The lowest BCUT2D eigenvalue weighted by atomic mass is 10.3. The van der Waals surface area contributed by atoms with Crippen LogP contribution in [0.15, 0.2) is 21.9 Å². The lowest BCUT2D eigenvalue weighted by Gasteiger charge is -1.90. The number of nitrogens with zero attached hydrogens (tertiary/aromatic N) is 1. The van der Waals surface area contributed by atoms with E-state index < -0.39 is 0 Å². The van der Waals surface area contributed by atoms with Crippen LogP contribution in [0.5, 0.6) is 0 Å². The molecule has 0 spiro atoms. The number of rotatable bonds is 4. The van der Waals surface area contributed by atoms with E-state index in [0.29, 0.717) is 16.5 Å². The van der Waals surface area contributed by atoms with Crippen LogP contribution in [0.25, 0.3) is 10.8 Å². The van der Waals surface area contributed by atoms with Crippen molar-refractivity contribution >= 4 is 28.7 Å². The summed E-state index contributed by atoms with van der Waals surface area (Å²) in [6, 6.07) is 3.78. The van der Waals surface area contributed by atoms with Crippen molar-refractivity contribution in [3.05, 3.63) is 29.0 Å². The Hall–Kier alpha value is -1.13. The Bertz CT molecular complexity index is 504. The summed E-state index contributed by atoms with van der Waals surface area (Å²) in [7, 11) is 0. The number of ketones is 1. The third-order valence-electron chi connectivity index (χ3n) is 2.13. The normalized spacial score (nSPS) is 10.6. The molecule has 0 radical (unpaired) electrons. The molecule has 0 aliphatic rings. The average molecular weight is 256 g/mol. The second kappa shape index (κ2) is 4.80. The first kappa shape index (κ1) is 11.4. The Morgan fingerprint density at radius 1 is 1.56 bits per heavy atom. The smallest absolute Gasteiger partial charge is 0.196 e. The van der Waals surface area contributed by atoms with Crippen LogP contribution >= 0.6 is 22.9 Å². The second-order valence-corrected chi connectivity index (χ2v) is 4.34. The van der Waals surface area contributed by atoms with Gasteiger partial charge in [0.25, 0.3) is 0 Å². The van der Waals surface area contributed by atoms with Crippen LogP contribution in [0.2, 0.25) is 0 Å². The van der Waals surface area contributed by atoms with E-state index in [4.69, 9.17) is 16.0 Å². The van der Waals surface area contributed by atoms with Gasteiger partial charge in [-0.25, -0.2) is 4.98 Å². The van der Waals surface area contributed by atoms with E-state index in [0.717, 1.165) is 12.2 Å². The molecule has 0 bridgehead atoms. The summed E-state index contributed by atoms with van der Waals surface area (Å²) in [5, 5.41) is 2.42. The molecule has 0 N–H and O–H groups in total. The fourth-order valence-corrected chi connectivity index (χ4v) is 2.19. The summed E-state index contributed by atoms with van der Waals surface area (Å²) in [6.45, 7) is 2.02. The number of furan rings is 1. The quantitative estimate of drug-likeness (QED) is 0.621. The van der Waals surface area contributed by atoms with Gasteiger partial charge in [-0.05, 0) is 12.1 Å². The fraction of sp³-hybridized carbons (Fsp3) is 0.273. The van der Waals surface area contributed by atoms with Crippen LogP contribution in [0.3, 0.4) is 0 Å². The first-order chi connectivity index (χ1) is 7.74. The Balaban J connectivity index is 2.27. The molecule has 0 amide bonds. The number of aryl methyl sites for hydroxylation is 1. The van der Waals surface area contributed by atoms with E-state index in [-0.39, 0.29) is 11.7 Å². The van der Waals surface area contributed by atoms with E-state index in [9.17, 15) is 4.79 Å². The Kier molecular flexibility index (Phi) is 3.41. The SMILES string of the molecule is CCc1ccc(-c2nc(C(=O)CCl)cs2)o1. The highest BCUT2D eigenvalue weighted by atomic mass is 35.5. The third kappa shape index (κ3) is 2.18. The van der Waals surface area contributed by atoms with E-state index in [1.54, 1.807) is 5.38 Å². The maximum absolute atomic E-state index is 11.3. The summed E-state index contributed by atoms with van der Waals surface area (Å²) in [4.78, 5) is 15.5. The Labute approximate surface area is 102 Å². The molecule has 0 fully saturated rings. The van der Waals surface area contributed by atoms with Crippen molar-refractivity contribution in [2.45, 2.75) is 13.3 Å². The van der Waals surface area contributed by atoms with Crippen LogP contribution in [0.4, 0.5) is 0 Å². The van der Waals surface area contributed by atoms with Crippen molar-refractivity contribution in [1.29, 1.82) is 0 Å². The maximum atomic E-state index is 11.3. The van der Waals surface area contributed by atoms with Gasteiger partial charge in [-0.15, -0.1) is 22.9 Å². The summed E-state index contributed by atoms with van der Waals surface area (Å²) < 4.78 is 5.55. The maximum Gasteiger partial charge on any atom is 0.196 e. The highest BCUT2D eigenvalue weighted by Crippen LogP contribution is 2.26. The van der Waals surface area contributed by atoms with E-state index in [1.807, 2.05) is 19.1 Å². The number of hydrogen-bond donors (Lipinski definition) is 0. The predicted molar refractivity (Wildman–Crippen MR) is 64.2 cm³/mol. The molecule has 0 aliphatic carbocycles. The van der Waals surface area contributed by atoms with Gasteiger partial charge in [0.2, 0.25) is 0 Å². The summed E-state index contributed by atoms with van der Waals surface area (Å²) >= 11 is 6.85. The molecule has 0 unspecified atom stereocenters. The highest BCUT2D eigenvalue weighted by Gasteiger charge is 2.12. The van der Waals surface area contributed by atoms with Crippen LogP contribution in [0, 0.1) is 0 Å². The summed E-state index contributed by atoms with van der Waals surface area (Å²) in [6.07, 6.45) is 0.846. The van der Waals surface area contributed by atoms with E-state index in [2.05, 4.69) is 4.98 Å². The lowest BCUT2D eigenvalue weighted by Crippen LogP contribution is -1.99. The van der Waals surface area contributed by atoms with Crippen LogP contribution < -0.4 is 0 Å². The number of Topliss-reactive ketones (excluding diaryl/α,β-unsaturated/α-hetero) is 1. The number of thiazole rings is 1. The van der Waals surface area contributed by atoms with Crippen LogP contribution in [-0.2, 0) is 6.42 Å². The third-order valence-corrected chi connectivity index (χ3v) is 3.23. The Morgan fingerprint density at radius 3 is 3.00 bits per heavy atom. The number of aromatic nitrogens is 1. The van der Waals surface area contributed by atoms with Crippen molar-refractivity contribution in [3.8, 4) is 10.8 Å². The number of hydrogen-bond acceptors (Lipinski definition) is 4. The van der Waals surface area contributed by atoms with Gasteiger partial charge in [0.1, 0.15) is 11.5 Å². The zero-order chi connectivity index (χ0) is 11.5. The fourth-order valence-electron chi connectivity index (χ4n) is 1.27. The van der Waals surface area contributed by atoms with Crippen molar-refractivity contribution < 1.29 is 9.21 Å². The first-order valence-electron chi connectivity index (χ1n) is 4.88. The molecule has 0 saturated carbocycles. The molecule has 2 heterocycles. The topological polar surface area (TPSA) is 43.1 Å². The number of alkyl halides is 1. The molecule has 5 heteroatoms. The van der Waals surface area contributed by atoms with Gasteiger partial charge in [-0.1, -0.05) is 6.92 Å². The Morgan fingerprint density at radius 2 is 2.38 bits per heavy atom. The molecule has 0 atom stereocenters. The average Bonchev–Trinajstić information content (AvgIpc) is 2.95. The minimum atomic E-state index is -0.161. The van der Waals surface area contributed by atoms with Crippen molar-refractivity contribution in [1.82, 2.24) is 4.98 Å². The molecule has 3 nitrogen and oxygen atoms in total. The summed E-state index contributed by atoms with van der Waals surface area (Å²) in [5.74, 6) is 1.42. The predicted octanol–water partition coefficient (Wildman–Crippen LogP) is 3.39. The van der Waals surface area contributed by atoms with Gasteiger partial charge in [-0.2, -0.15) is 0 Å². The van der Waals surface area contributed by atoms with E-state index >= 15 is 0 Å². The van der Waals surface area contributed by atoms with Gasteiger partial charge in [0.15, 0.2) is 16.6 Å². The van der Waals surface area contributed by atoms with Gasteiger partial charge < -0.3 is 4.42 Å². The van der Waals surface area contributed by atoms with Crippen molar-refractivity contribution in [2.24, 2.45) is 0 Å². The van der Waals surface area contributed by atoms with Crippen molar-refractivity contribution in [3.63, 3.8) is 0 Å². The van der Waals surface area contributed by atoms with E-state index in [1.165, 1.54) is 11.3 Å². The van der Waals surface area contributed by atoms with Gasteiger partial charge in [0, 0.05) is 11.8 Å². The zero-order valence-electron chi connectivity index (χ0n) is 8.70. The summed E-state index contributed by atoms with van der Waals surface area (Å²) in [5.41, 5.74) is 0.407. The zero-order valence-corrected chi connectivity index (χ0v) is 10.3. The monoisotopic (exact) mass is 255 g/mol.